The predicted molar refractivity (Wildman–Crippen MR) is 109 cm³/mol. The second-order valence-corrected chi connectivity index (χ2v) is 6.03. The fraction of sp³-hybridized carbons (Fsp3) is 0.0833. The molecule has 3 rings (SSSR count). The molecule has 0 heterocycles. The molecule has 0 aliphatic heterocycles. The van der Waals surface area contributed by atoms with Gasteiger partial charge in [-0.15, -0.1) is 0 Å². The molecule has 3 aromatic carbocycles. The molecule has 0 saturated carbocycles. The van der Waals surface area contributed by atoms with Crippen LogP contribution in [0.1, 0.15) is 30.0 Å². The second kappa shape index (κ2) is 8.21. The van der Waals surface area contributed by atoms with E-state index in [1.165, 1.54) is 22.3 Å². The average molecular weight is 341 g/mol. The van der Waals surface area contributed by atoms with E-state index in [1.807, 2.05) is 24.3 Å². The SMILES string of the molecule is C=C(N)Oc1ccc(/C(=C(/CC)c2ccccc2)c2ccccc2)cc1. The van der Waals surface area contributed by atoms with Crippen LogP contribution in [-0.2, 0) is 0 Å². The molecule has 0 aromatic heterocycles. The summed E-state index contributed by atoms with van der Waals surface area (Å²) >= 11 is 0. The van der Waals surface area contributed by atoms with Gasteiger partial charge >= 0.3 is 0 Å². The zero-order valence-corrected chi connectivity index (χ0v) is 15.0. The average Bonchev–Trinajstić information content (AvgIpc) is 2.68. The Bertz CT molecular complexity index is 894. The van der Waals surface area contributed by atoms with E-state index >= 15 is 0 Å². The van der Waals surface area contributed by atoms with E-state index in [0.717, 1.165) is 12.0 Å². The van der Waals surface area contributed by atoms with Crippen molar-refractivity contribution in [3.05, 3.63) is 114 Å². The van der Waals surface area contributed by atoms with Gasteiger partial charge in [-0.3, -0.25) is 0 Å². The van der Waals surface area contributed by atoms with Crippen LogP contribution in [0.2, 0.25) is 0 Å². The lowest BCUT2D eigenvalue weighted by Crippen LogP contribution is -2.03. The third-order valence-electron chi connectivity index (χ3n) is 4.23. The van der Waals surface area contributed by atoms with Crippen molar-refractivity contribution in [2.45, 2.75) is 13.3 Å². The van der Waals surface area contributed by atoms with Crippen LogP contribution < -0.4 is 10.5 Å². The number of hydrogen-bond acceptors (Lipinski definition) is 2. The highest BCUT2D eigenvalue weighted by Gasteiger charge is 2.12. The molecule has 0 spiro atoms. The highest BCUT2D eigenvalue weighted by molar-refractivity contribution is 5.98. The smallest absolute Gasteiger partial charge is 0.183 e. The van der Waals surface area contributed by atoms with Crippen molar-refractivity contribution >= 4 is 11.1 Å². The highest BCUT2D eigenvalue weighted by atomic mass is 16.5. The minimum atomic E-state index is 0.190. The minimum Gasteiger partial charge on any atom is -0.442 e. The van der Waals surface area contributed by atoms with E-state index in [9.17, 15) is 0 Å². The van der Waals surface area contributed by atoms with E-state index in [0.29, 0.717) is 5.75 Å². The molecule has 0 bridgehead atoms. The summed E-state index contributed by atoms with van der Waals surface area (Å²) in [4.78, 5) is 0. The third kappa shape index (κ3) is 4.04. The first-order valence-electron chi connectivity index (χ1n) is 8.75. The summed E-state index contributed by atoms with van der Waals surface area (Å²) < 4.78 is 5.39. The van der Waals surface area contributed by atoms with Gasteiger partial charge in [-0.1, -0.05) is 79.7 Å². The number of benzene rings is 3. The standard InChI is InChI=1S/C24H23NO/c1-3-23(19-10-6-4-7-11-19)24(20-12-8-5-9-13-20)21-14-16-22(17-15-21)26-18(2)25/h4-17H,2-3,25H2,1H3/b24-23-. The number of hydrogen-bond donors (Lipinski definition) is 1. The summed E-state index contributed by atoms with van der Waals surface area (Å²) in [6.45, 7) is 5.78. The Kier molecular flexibility index (Phi) is 5.55. The Balaban J connectivity index is 2.16. The quantitative estimate of drug-likeness (QED) is 0.450. The largest absolute Gasteiger partial charge is 0.442 e. The summed E-state index contributed by atoms with van der Waals surface area (Å²) in [6, 6.07) is 29.0. The van der Waals surface area contributed by atoms with Crippen molar-refractivity contribution in [2.75, 3.05) is 0 Å². The van der Waals surface area contributed by atoms with Gasteiger partial charge in [0.05, 0.1) is 0 Å². The second-order valence-electron chi connectivity index (χ2n) is 6.03. The van der Waals surface area contributed by atoms with E-state index in [4.69, 9.17) is 10.5 Å². The maximum absolute atomic E-state index is 5.53. The third-order valence-corrected chi connectivity index (χ3v) is 4.23. The van der Waals surface area contributed by atoms with Gasteiger partial charge in [0.15, 0.2) is 5.88 Å². The van der Waals surface area contributed by atoms with E-state index in [-0.39, 0.29) is 5.88 Å². The molecule has 0 atom stereocenters. The molecule has 0 radical (unpaired) electrons. The number of rotatable bonds is 6. The van der Waals surface area contributed by atoms with Crippen LogP contribution in [0, 0.1) is 0 Å². The zero-order chi connectivity index (χ0) is 18.4. The van der Waals surface area contributed by atoms with Gasteiger partial charge in [-0.05, 0) is 53.0 Å². The lowest BCUT2D eigenvalue weighted by molar-refractivity contribution is 0.422. The molecule has 2 nitrogen and oxygen atoms in total. The Morgan fingerprint density at radius 3 is 1.77 bits per heavy atom. The van der Waals surface area contributed by atoms with Gasteiger partial charge in [0.1, 0.15) is 5.75 Å². The van der Waals surface area contributed by atoms with Crippen molar-refractivity contribution in [1.29, 1.82) is 0 Å². The molecule has 0 unspecified atom stereocenters. The monoisotopic (exact) mass is 341 g/mol. The Hall–Kier alpha value is -3.26. The topological polar surface area (TPSA) is 35.2 Å². The van der Waals surface area contributed by atoms with Crippen LogP contribution in [0.15, 0.2) is 97.4 Å². The normalized spacial score (nSPS) is 11.6. The number of nitrogens with two attached hydrogens (primary N) is 1. The summed E-state index contributed by atoms with van der Waals surface area (Å²) in [5.74, 6) is 0.876. The Labute approximate surface area is 155 Å². The van der Waals surface area contributed by atoms with E-state index in [2.05, 4.69) is 74.2 Å². The van der Waals surface area contributed by atoms with E-state index in [1.54, 1.807) is 0 Å². The number of ether oxygens (including phenoxy) is 1. The van der Waals surface area contributed by atoms with Crippen LogP contribution >= 0.6 is 0 Å². The fourth-order valence-electron chi connectivity index (χ4n) is 3.13. The lowest BCUT2D eigenvalue weighted by atomic mass is 9.88. The molecule has 0 aliphatic rings. The molecule has 2 heteroatoms. The summed E-state index contributed by atoms with van der Waals surface area (Å²) in [5, 5.41) is 0. The molecular weight excluding hydrogens is 318 g/mol. The van der Waals surface area contributed by atoms with Crippen molar-refractivity contribution in [3.8, 4) is 5.75 Å². The molecule has 26 heavy (non-hydrogen) atoms. The van der Waals surface area contributed by atoms with Crippen molar-refractivity contribution in [2.24, 2.45) is 5.73 Å². The first-order valence-corrected chi connectivity index (χ1v) is 8.75. The van der Waals surface area contributed by atoms with Gasteiger partial charge in [0, 0.05) is 0 Å². The Morgan fingerprint density at radius 2 is 1.27 bits per heavy atom. The maximum Gasteiger partial charge on any atom is 0.183 e. The molecule has 0 aliphatic carbocycles. The van der Waals surface area contributed by atoms with Crippen LogP contribution in [0.25, 0.3) is 11.1 Å². The van der Waals surface area contributed by atoms with Gasteiger partial charge in [0.25, 0.3) is 0 Å². The fourth-order valence-corrected chi connectivity index (χ4v) is 3.13. The first kappa shape index (κ1) is 17.6. The zero-order valence-electron chi connectivity index (χ0n) is 15.0. The first-order chi connectivity index (χ1) is 12.7. The molecule has 3 aromatic rings. The van der Waals surface area contributed by atoms with Gasteiger partial charge < -0.3 is 10.5 Å². The van der Waals surface area contributed by atoms with Crippen molar-refractivity contribution in [3.63, 3.8) is 0 Å². The van der Waals surface area contributed by atoms with Crippen LogP contribution in [-0.4, -0.2) is 0 Å². The highest BCUT2D eigenvalue weighted by Crippen LogP contribution is 2.34. The molecule has 0 fully saturated rings. The van der Waals surface area contributed by atoms with Crippen LogP contribution in [0.3, 0.4) is 0 Å². The van der Waals surface area contributed by atoms with Crippen molar-refractivity contribution < 1.29 is 4.74 Å². The summed E-state index contributed by atoms with van der Waals surface area (Å²) in [7, 11) is 0. The minimum absolute atomic E-state index is 0.190. The molecule has 2 N–H and O–H groups in total. The van der Waals surface area contributed by atoms with Crippen LogP contribution in [0.4, 0.5) is 0 Å². The van der Waals surface area contributed by atoms with Gasteiger partial charge in [-0.25, -0.2) is 0 Å². The molecule has 0 saturated heterocycles. The van der Waals surface area contributed by atoms with Gasteiger partial charge in [0.2, 0.25) is 0 Å². The Morgan fingerprint density at radius 1 is 0.769 bits per heavy atom. The number of allylic oxidation sites excluding steroid dienone is 1. The lowest BCUT2D eigenvalue weighted by Gasteiger charge is -2.16. The maximum atomic E-state index is 5.53. The molecule has 0 amide bonds. The summed E-state index contributed by atoms with van der Waals surface area (Å²) in [6.07, 6.45) is 0.937. The molecule has 130 valence electrons. The molecular formula is C24H23NO. The predicted octanol–water partition coefficient (Wildman–Crippen LogP) is 5.86. The van der Waals surface area contributed by atoms with Crippen LogP contribution in [0.5, 0.6) is 5.75 Å². The van der Waals surface area contributed by atoms with Crippen molar-refractivity contribution in [1.82, 2.24) is 0 Å². The van der Waals surface area contributed by atoms with Gasteiger partial charge in [-0.2, -0.15) is 0 Å². The van der Waals surface area contributed by atoms with E-state index < -0.39 is 0 Å². The summed E-state index contributed by atoms with van der Waals surface area (Å²) in [5.41, 5.74) is 11.7.